The van der Waals surface area contributed by atoms with Crippen LogP contribution in [0.4, 0.5) is 5.13 Å². The molecule has 1 saturated heterocycles. The summed E-state index contributed by atoms with van der Waals surface area (Å²) < 4.78 is 0. The monoisotopic (exact) mass is 425 g/mol. The molecule has 3 aliphatic heterocycles. The molecule has 9 nitrogen and oxygen atoms in total. The Hall–Kier alpha value is -3.11. The van der Waals surface area contributed by atoms with E-state index < -0.39 is 11.9 Å². The number of carbonyl (C=O) groups is 4. The molecular formula is C20H19N5O4S. The van der Waals surface area contributed by atoms with Gasteiger partial charge >= 0.3 is 0 Å². The van der Waals surface area contributed by atoms with Crippen molar-refractivity contribution in [2.45, 2.75) is 38.5 Å². The van der Waals surface area contributed by atoms with Crippen molar-refractivity contribution in [3.63, 3.8) is 0 Å². The van der Waals surface area contributed by atoms with Gasteiger partial charge in [0.2, 0.25) is 11.8 Å². The molecule has 1 aromatic heterocycles. The van der Waals surface area contributed by atoms with Crippen LogP contribution in [-0.4, -0.2) is 46.0 Å². The van der Waals surface area contributed by atoms with Gasteiger partial charge in [0.05, 0.1) is 17.1 Å². The Labute approximate surface area is 175 Å². The Kier molecular flexibility index (Phi) is 4.59. The Morgan fingerprint density at radius 1 is 1.20 bits per heavy atom. The van der Waals surface area contributed by atoms with E-state index in [1.807, 2.05) is 12.1 Å². The topological polar surface area (TPSA) is 120 Å². The van der Waals surface area contributed by atoms with Gasteiger partial charge in [0.25, 0.3) is 5.91 Å². The number of ketones is 1. The first-order chi connectivity index (χ1) is 14.5. The number of Topliss-reactive ketones (excluding diaryl/α,β-unsaturated/α-hetero) is 1. The molecule has 3 amide bonds. The highest BCUT2D eigenvalue weighted by Gasteiger charge is 2.39. The van der Waals surface area contributed by atoms with Gasteiger partial charge in [-0.15, -0.1) is 0 Å². The van der Waals surface area contributed by atoms with Gasteiger partial charge in [-0.2, -0.15) is 0 Å². The van der Waals surface area contributed by atoms with Crippen molar-refractivity contribution in [3.05, 3.63) is 45.5 Å². The summed E-state index contributed by atoms with van der Waals surface area (Å²) in [6, 6.07) is 4.89. The predicted octanol–water partition coefficient (Wildman–Crippen LogP) is 0.802. The van der Waals surface area contributed by atoms with E-state index in [2.05, 4.69) is 20.9 Å². The summed E-state index contributed by atoms with van der Waals surface area (Å²) in [6.07, 6.45) is 0.567. The SMILES string of the molecule is O=C1CCC(N2Cc3c(CNc4nc5c(s4)C(=O)CNC5)cccc3C2=O)C(=O)N1. The van der Waals surface area contributed by atoms with Gasteiger partial charge in [-0.05, 0) is 23.6 Å². The van der Waals surface area contributed by atoms with Crippen LogP contribution in [-0.2, 0) is 29.2 Å². The molecule has 4 heterocycles. The second-order valence-corrected chi connectivity index (χ2v) is 8.52. The number of amides is 3. The van der Waals surface area contributed by atoms with Crippen molar-refractivity contribution in [2.75, 3.05) is 11.9 Å². The van der Waals surface area contributed by atoms with E-state index in [9.17, 15) is 19.2 Å². The molecule has 1 unspecified atom stereocenters. The number of imide groups is 1. The number of benzene rings is 1. The summed E-state index contributed by atoms with van der Waals surface area (Å²) >= 11 is 1.35. The second kappa shape index (κ2) is 7.29. The fraction of sp³-hybridized carbons (Fsp3) is 0.350. The van der Waals surface area contributed by atoms with Crippen LogP contribution in [0.3, 0.4) is 0 Å². The van der Waals surface area contributed by atoms with Crippen LogP contribution < -0.4 is 16.0 Å². The van der Waals surface area contributed by atoms with Crippen molar-refractivity contribution in [1.82, 2.24) is 20.5 Å². The van der Waals surface area contributed by atoms with Crippen molar-refractivity contribution in [1.29, 1.82) is 0 Å². The quantitative estimate of drug-likeness (QED) is 0.620. The molecule has 5 rings (SSSR count). The first-order valence-corrected chi connectivity index (χ1v) is 10.6. The minimum absolute atomic E-state index is 0.0490. The van der Waals surface area contributed by atoms with E-state index in [-0.39, 0.29) is 24.0 Å². The molecule has 3 aliphatic rings. The summed E-state index contributed by atoms with van der Waals surface area (Å²) in [5, 5.41) is 9.28. The van der Waals surface area contributed by atoms with E-state index >= 15 is 0 Å². The van der Waals surface area contributed by atoms with E-state index in [0.717, 1.165) is 16.8 Å². The standard InChI is InChI=1S/C20H19N5O4S/c26-15-8-21-7-13-17(15)30-20(23-13)22-6-10-2-1-3-11-12(10)9-25(19(11)29)14-4-5-16(27)24-18(14)28/h1-3,14,21H,4-9H2,(H,22,23)(H,24,27,28). The maximum atomic E-state index is 12.9. The lowest BCUT2D eigenvalue weighted by Crippen LogP contribution is -2.52. The molecule has 0 radical (unpaired) electrons. The number of aromatic nitrogens is 1. The highest BCUT2D eigenvalue weighted by molar-refractivity contribution is 7.17. The first kappa shape index (κ1) is 18.9. The average molecular weight is 425 g/mol. The maximum absolute atomic E-state index is 12.9. The minimum atomic E-state index is -0.632. The molecule has 1 atom stereocenters. The summed E-state index contributed by atoms with van der Waals surface area (Å²) in [4.78, 5) is 55.3. The third-order valence-corrected chi connectivity index (χ3v) is 6.73. The number of hydrogen-bond donors (Lipinski definition) is 3. The number of rotatable bonds is 4. The lowest BCUT2D eigenvalue weighted by atomic mass is 10.0. The van der Waals surface area contributed by atoms with Crippen LogP contribution >= 0.6 is 11.3 Å². The molecule has 0 bridgehead atoms. The normalized spacial score (nSPS) is 20.8. The number of thiazole rings is 1. The van der Waals surface area contributed by atoms with E-state index in [0.29, 0.717) is 48.2 Å². The zero-order valence-corrected chi connectivity index (χ0v) is 16.8. The van der Waals surface area contributed by atoms with Crippen molar-refractivity contribution >= 4 is 40.0 Å². The van der Waals surface area contributed by atoms with Crippen molar-refractivity contribution in [2.24, 2.45) is 0 Å². The zero-order valence-electron chi connectivity index (χ0n) is 16.0. The number of carbonyl (C=O) groups excluding carboxylic acids is 4. The van der Waals surface area contributed by atoms with Crippen molar-refractivity contribution in [3.8, 4) is 0 Å². The van der Waals surface area contributed by atoms with Crippen LogP contribution in [0.1, 0.15) is 49.7 Å². The van der Waals surface area contributed by atoms with E-state index in [1.54, 1.807) is 11.0 Å². The number of piperidine rings is 1. The molecule has 154 valence electrons. The number of nitrogens with zero attached hydrogens (tertiary/aromatic N) is 2. The number of fused-ring (bicyclic) bond motifs is 2. The zero-order chi connectivity index (χ0) is 20.8. The predicted molar refractivity (Wildman–Crippen MR) is 108 cm³/mol. The molecule has 3 N–H and O–H groups in total. The molecule has 10 heteroatoms. The van der Waals surface area contributed by atoms with Crippen LogP contribution in [0.2, 0.25) is 0 Å². The Balaban J connectivity index is 1.34. The lowest BCUT2D eigenvalue weighted by molar-refractivity contribution is -0.136. The van der Waals surface area contributed by atoms with Crippen LogP contribution in [0.15, 0.2) is 18.2 Å². The number of hydrogen-bond acceptors (Lipinski definition) is 8. The van der Waals surface area contributed by atoms with E-state index in [4.69, 9.17) is 0 Å². The van der Waals surface area contributed by atoms with Gasteiger partial charge in [0.15, 0.2) is 10.9 Å². The van der Waals surface area contributed by atoms with Crippen LogP contribution in [0, 0.1) is 0 Å². The minimum Gasteiger partial charge on any atom is -0.357 e. The van der Waals surface area contributed by atoms with Gasteiger partial charge in [0, 0.05) is 31.6 Å². The van der Waals surface area contributed by atoms with Gasteiger partial charge < -0.3 is 15.5 Å². The highest BCUT2D eigenvalue weighted by Crippen LogP contribution is 2.31. The molecule has 1 fully saturated rings. The smallest absolute Gasteiger partial charge is 0.255 e. The fourth-order valence-electron chi connectivity index (χ4n) is 4.13. The van der Waals surface area contributed by atoms with Crippen LogP contribution in [0.25, 0.3) is 0 Å². The third-order valence-electron chi connectivity index (χ3n) is 5.64. The second-order valence-electron chi connectivity index (χ2n) is 7.52. The molecule has 2 aromatic rings. The summed E-state index contributed by atoms with van der Waals surface area (Å²) in [5.41, 5.74) is 3.15. The van der Waals surface area contributed by atoms with Crippen molar-refractivity contribution < 1.29 is 19.2 Å². The summed E-state index contributed by atoms with van der Waals surface area (Å²) in [7, 11) is 0. The summed E-state index contributed by atoms with van der Waals surface area (Å²) in [6.45, 7) is 1.69. The molecule has 0 spiro atoms. The highest BCUT2D eigenvalue weighted by atomic mass is 32.1. The molecule has 1 aromatic carbocycles. The Morgan fingerprint density at radius 2 is 2.07 bits per heavy atom. The van der Waals surface area contributed by atoms with Gasteiger partial charge in [-0.3, -0.25) is 24.5 Å². The molecule has 30 heavy (non-hydrogen) atoms. The molecule has 0 aliphatic carbocycles. The van der Waals surface area contributed by atoms with E-state index in [1.165, 1.54) is 11.3 Å². The Bertz CT molecular complexity index is 1090. The van der Waals surface area contributed by atoms with Crippen LogP contribution in [0.5, 0.6) is 0 Å². The molecular weight excluding hydrogens is 406 g/mol. The maximum Gasteiger partial charge on any atom is 0.255 e. The largest absolute Gasteiger partial charge is 0.357 e. The average Bonchev–Trinajstić information content (AvgIpc) is 3.29. The van der Waals surface area contributed by atoms with Gasteiger partial charge in [0.1, 0.15) is 6.04 Å². The Morgan fingerprint density at radius 3 is 2.87 bits per heavy atom. The third kappa shape index (κ3) is 3.17. The van der Waals surface area contributed by atoms with Gasteiger partial charge in [-0.1, -0.05) is 23.5 Å². The summed E-state index contributed by atoms with van der Waals surface area (Å²) in [5.74, 6) is -0.862. The number of anilines is 1. The first-order valence-electron chi connectivity index (χ1n) is 9.74. The lowest BCUT2D eigenvalue weighted by Gasteiger charge is -2.29. The fourth-order valence-corrected chi connectivity index (χ4v) is 5.04. The van der Waals surface area contributed by atoms with Gasteiger partial charge in [-0.25, -0.2) is 4.98 Å². The number of nitrogens with one attached hydrogen (secondary N) is 3. The molecule has 0 saturated carbocycles.